The Kier molecular flexibility index (Phi) is 7.66. The predicted octanol–water partition coefficient (Wildman–Crippen LogP) is 2.61. The van der Waals surface area contributed by atoms with Crippen molar-refractivity contribution in [3.63, 3.8) is 0 Å². The van der Waals surface area contributed by atoms with Gasteiger partial charge in [-0.25, -0.2) is 21.8 Å². The molecule has 0 radical (unpaired) electrons. The maximum absolute atomic E-state index is 13.2. The second-order valence-corrected chi connectivity index (χ2v) is 15.4. The first-order valence-corrected chi connectivity index (χ1v) is 16.6. The van der Waals surface area contributed by atoms with E-state index in [1.54, 1.807) is 18.3 Å². The molecule has 2 aliphatic carbocycles. The fourth-order valence-electron chi connectivity index (χ4n) is 4.44. The van der Waals surface area contributed by atoms with Gasteiger partial charge in [-0.2, -0.15) is 0 Å². The van der Waals surface area contributed by atoms with E-state index in [-0.39, 0.29) is 33.5 Å². The van der Waals surface area contributed by atoms with Gasteiger partial charge in [0.2, 0.25) is 0 Å². The zero-order valence-corrected chi connectivity index (χ0v) is 22.8. The Hall–Kier alpha value is -2.35. The quantitative estimate of drug-likeness (QED) is 0.362. The number of nitrogens with one attached hydrogen (secondary N) is 1. The summed E-state index contributed by atoms with van der Waals surface area (Å²) in [7, 11) is -6.28. The number of anilines is 1. The summed E-state index contributed by atoms with van der Waals surface area (Å²) in [5, 5.41) is 7.06. The minimum Gasteiger partial charge on any atom is -0.392 e. The molecule has 2 aromatic rings. The van der Waals surface area contributed by atoms with Crippen LogP contribution in [0.25, 0.3) is 0 Å². The van der Waals surface area contributed by atoms with E-state index in [2.05, 4.69) is 20.4 Å². The van der Waals surface area contributed by atoms with E-state index in [1.165, 1.54) is 23.5 Å². The van der Waals surface area contributed by atoms with E-state index in [0.717, 1.165) is 30.6 Å². The van der Waals surface area contributed by atoms with Gasteiger partial charge in [0.25, 0.3) is 5.91 Å². The highest BCUT2D eigenvalue weighted by atomic mass is 32.2. The van der Waals surface area contributed by atoms with Gasteiger partial charge in [-0.1, -0.05) is 17.3 Å². The maximum Gasteiger partial charge on any atom is 0.280 e. The molecule has 10 nitrogen and oxygen atoms in total. The molecular formula is C24H30N4O6S3. The Bertz CT molecular complexity index is 1360. The number of hydrogen-bond acceptors (Lipinski definition) is 10. The van der Waals surface area contributed by atoms with Crippen LogP contribution < -0.4 is 5.32 Å². The van der Waals surface area contributed by atoms with Gasteiger partial charge in [0.05, 0.1) is 21.7 Å². The number of nitrogens with zero attached hydrogens (tertiary/aromatic N) is 3. The van der Waals surface area contributed by atoms with Crippen molar-refractivity contribution in [1.29, 1.82) is 0 Å². The largest absolute Gasteiger partial charge is 0.392 e. The summed E-state index contributed by atoms with van der Waals surface area (Å²) in [6.45, 7) is 1.51. The standard InChI is InChI=1S/C24H30N4O6S3/c29-23(26-24-25-15-19(35-24)16-28-11-13-36(30,31)14-12-28)22(27-34-18-3-1-2-4-18)17-5-7-20(8-6-17)37(32,33)21-9-10-21/h5-8,15,18,21H,1-4,9-14,16H2,(H,25,26,29). The van der Waals surface area contributed by atoms with Crippen molar-refractivity contribution < 1.29 is 26.5 Å². The van der Waals surface area contributed by atoms with Crippen LogP contribution in [0.2, 0.25) is 0 Å². The van der Waals surface area contributed by atoms with Crippen LogP contribution in [0.5, 0.6) is 0 Å². The number of thiazole rings is 1. The number of amides is 1. The highest BCUT2D eigenvalue weighted by Crippen LogP contribution is 2.33. The third-order valence-electron chi connectivity index (χ3n) is 6.82. The predicted molar refractivity (Wildman–Crippen MR) is 141 cm³/mol. The van der Waals surface area contributed by atoms with Gasteiger partial charge in [0.1, 0.15) is 6.10 Å². The van der Waals surface area contributed by atoms with Crippen LogP contribution in [0.15, 0.2) is 40.5 Å². The molecule has 1 aliphatic heterocycles. The summed E-state index contributed by atoms with van der Waals surface area (Å²) in [5.74, 6) is -0.200. The molecule has 2 saturated carbocycles. The molecule has 200 valence electrons. The molecule has 0 bridgehead atoms. The van der Waals surface area contributed by atoms with Gasteiger partial charge in [0, 0.05) is 36.3 Å². The molecule has 1 N–H and O–H groups in total. The van der Waals surface area contributed by atoms with Gasteiger partial charge in [-0.15, -0.1) is 11.3 Å². The maximum atomic E-state index is 13.2. The lowest BCUT2D eigenvalue weighted by Gasteiger charge is -2.25. The first kappa shape index (κ1) is 26.3. The smallest absolute Gasteiger partial charge is 0.280 e. The van der Waals surface area contributed by atoms with Gasteiger partial charge in [-0.3, -0.25) is 15.0 Å². The topological polar surface area (TPSA) is 135 Å². The van der Waals surface area contributed by atoms with E-state index >= 15 is 0 Å². The van der Waals surface area contributed by atoms with Gasteiger partial charge in [0.15, 0.2) is 30.5 Å². The first-order chi connectivity index (χ1) is 17.7. The lowest BCUT2D eigenvalue weighted by molar-refractivity contribution is -0.110. The van der Waals surface area contributed by atoms with Crippen LogP contribution in [-0.2, 0) is 35.9 Å². The Morgan fingerprint density at radius 1 is 1.11 bits per heavy atom. The Balaban J connectivity index is 1.29. The van der Waals surface area contributed by atoms with E-state index in [1.807, 2.05) is 0 Å². The van der Waals surface area contributed by atoms with Crippen molar-refractivity contribution in [1.82, 2.24) is 9.88 Å². The number of carbonyl (C=O) groups excluding carboxylic acids is 1. The number of oxime groups is 1. The summed E-state index contributed by atoms with van der Waals surface area (Å²) >= 11 is 1.32. The van der Waals surface area contributed by atoms with Crippen molar-refractivity contribution in [2.75, 3.05) is 29.9 Å². The number of benzene rings is 1. The van der Waals surface area contributed by atoms with Crippen LogP contribution in [0.3, 0.4) is 0 Å². The summed E-state index contributed by atoms with van der Waals surface area (Å²) in [6.07, 6.45) is 6.86. The average Bonchev–Trinajstić information content (AvgIpc) is 3.45. The normalized spacial score (nSPS) is 21.1. The minimum absolute atomic E-state index is 0.0443. The summed E-state index contributed by atoms with van der Waals surface area (Å²) < 4.78 is 48.4. The highest BCUT2D eigenvalue weighted by molar-refractivity contribution is 7.92. The number of hydrogen-bond donors (Lipinski definition) is 1. The molecule has 0 spiro atoms. The summed E-state index contributed by atoms with van der Waals surface area (Å²) in [5.41, 5.74) is 0.511. The molecule has 0 unspecified atom stereocenters. The molecule has 2 heterocycles. The van der Waals surface area contributed by atoms with Crippen LogP contribution >= 0.6 is 11.3 Å². The summed E-state index contributed by atoms with van der Waals surface area (Å²) in [4.78, 5) is 26.4. The molecule has 5 rings (SSSR count). The number of sulfone groups is 2. The first-order valence-electron chi connectivity index (χ1n) is 12.5. The van der Waals surface area contributed by atoms with Crippen molar-refractivity contribution in [3.05, 3.63) is 40.9 Å². The van der Waals surface area contributed by atoms with Gasteiger partial charge >= 0.3 is 0 Å². The van der Waals surface area contributed by atoms with Crippen LogP contribution in [0, 0.1) is 0 Å². The Morgan fingerprint density at radius 3 is 2.43 bits per heavy atom. The van der Waals surface area contributed by atoms with Gasteiger partial charge in [-0.05, 0) is 50.7 Å². The third-order valence-corrected chi connectivity index (χ3v) is 11.6. The fourth-order valence-corrected chi connectivity index (χ4v) is 8.23. The van der Waals surface area contributed by atoms with Crippen molar-refractivity contribution >= 4 is 47.8 Å². The van der Waals surface area contributed by atoms with Crippen molar-refractivity contribution in [3.8, 4) is 0 Å². The Morgan fingerprint density at radius 2 is 1.78 bits per heavy atom. The van der Waals surface area contributed by atoms with Crippen LogP contribution in [0.4, 0.5) is 5.13 Å². The molecule has 1 aromatic carbocycles. The number of rotatable bonds is 9. The van der Waals surface area contributed by atoms with Gasteiger partial charge < -0.3 is 4.84 Å². The molecule has 13 heteroatoms. The van der Waals surface area contributed by atoms with Crippen LogP contribution in [-0.4, -0.2) is 74.3 Å². The van der Waals surface area contributed by atoms with E-state index in [4.69, 9.17) is 4.84 Å². The molecule has 3 fully saturated rings. The highest BCUT2D eigenvalue weighted by Gasteiger charge is 2.37. The lowest BCUT2D eigenvalue weighted by atomic mass is 10.1. The SMILES string of the molecule is O=C(Nc1ncc(CN2CCS(=O)(=O)CC2)s1)C(=NOC1CCCC1)c1ccc(S(=O)(=O)C2CC2)cc1. The number of aromatic nitrogens is 1. The molecule has 0 atom stereocenters. The molecule has 1 aromatic heterocycles. The molecule has 3 aliphatic rings. The fraction of sp³-hybridized carbons (Fsp3) is 0.542. The molecule has 37 heavy (non-hydrogen) atoms. The summed E-state index contributed by atoms with van der Waals surface area (Å²) in [6, 6.07) is 6.20. The molecule has 1 amide bonds. The zero-order chi connectivity index (χ0) is 26.0. The monoisotopic (exact) mass is 566 g/mol. The minimum atomic E-state index is -3.34. The zero-order valence-electron chi connectivity index (χ0n) is 20.3. The average molecular weight is 567 g/mol. The van der Waals surface area contributed by atoms with E-state index in [0.29, 0.717) is 43.2 Å². The number of carbonyl (C=O) groups is 1. The van der Waals surface area contributed by atoms with Crippen LogP contribution in [0.1, 0.15) is 49.0 Å². The third kappa shape index (κ3) is 6.57. The molecular weight excluding hydrogens is 536 g/mol. The second-order valence-electron chi connectivity index (χ2n) is 9.73. The lowest BCUT2D eigenvalue weighted by Crippen LogP contribution is -2.39. The van der Waals surface area contributed by atoms with E-state index in [9.17, 15) is 21.6 Å². The van der Waals surface area contributed by atoms with Crippen molar-refractivity contribution in [2.24, 2.45) is 5.16 Å². The second kappa shape index (κ2) is 10.8. The molecule has 1 saturated heterocycles. The Labute approximate surface area is 220 Å². The van der Waals surface area contributed by atoms with Crippen molar-refractivity contribution in [2.45, 2.75) is 61.3 Å². The van der Waals surface area contributed by atoms with E-state index < -0.39 is 25.6 Å².